The summed E-state index contributed by atoms with van der Waals surface area (Å²) in [4.78, 5) is 11.9. The predicted molar refractivity (Wildman–Crippen MR) is 56.6 cm³/mol. The molecule has 2 nitrogen and oxygen atoms in total. The van der Waals surface area contributed by atoms with Gasteiger partial charge in [0.05, 0.1) is 5.56 Å². The maximum Gasteiger partial charge on any atom is 0.169 e. The minimum absolute atomic E-state index is 0.107. The number of Topliss-reactive ketones (excluding diaryl/α,β-unsaturated/α-hetero) is 1. The van der Waals surface area contributed by atoms with Gasteiger partial charge < -0.3 is 4.42 Å². The first kappa shape index (κ1) is 11.0. The van der Waals surface area contributed by atoms with Crippen LogP contribution in [0.1, 0.15) is 48.6 Å². The van der Waals surface area contributed by atoms with Crippen LogP contribution in [0.15, 0.2) is 10.5 Å². The molecule has 2 heteroatoms. The zero-order valence-corrected chi connectivity index (χ0v) is 9.39. The van der Waals surface area contributed by atoms with E-state index in [4.69, 9.17) is 4.42 Å². The van der Waals surface area contributed by atoms with E-state index >= 15 is 0 Å². The third-order valence-corrected chi connectivity index (χ3v) is 2.48. The summed E-state index contributed by atoms with van der Waals surface area (Å²) in [6.45, 7) is 7.79. The summed E-state index contributed by atoms with van der Waals surface area (Å²) in [6, 6.07) is 1.84. The molecule has 1 aromatic rings. The molecule has 0 aromatic carbocycles. The summed E-state index contributed by atoms with van der Waals surface area (Å²) >= 11 is 0. The highest BCUT2D eigenvalue weighted by Gasteiger charge is 2.18. The molecule has 14 heavy (non-hydrogen) atoms. The summed E-state index contributed by atoms with van der Waals surface area (Å²) < 4.78 is 5.34. The van der Waals surface area contributed by atoms with Crippen LogP contribution in [0.4, 0.5) is 0 Å². The van der Waals surface area contributed by atoms with Gasteiger partial charge in [0.25, 0.3) is 0 Å². The van der Waals surface area contributed by atoms with E-state index in [0.29, 0.717) is 0 Å². The Labute approximate surface area is 85.3 Å². The number of carbonyl (C=O) groups excluding carboxylic acids is 1. The van der Waals surface area contributed by atoms with Crippen molar-refractivity contribution in [2.24, 2.45) is 5.92 Å². The van der Waals surface area contributed by atoms with Crippen molar-refractivity contribution in [1.82, 2.24) is 0 Å². The maximum absolute atomic E-state index is 11.9. The molecule has 0 radical (unpaired) electrons. The Hall–Kier alpha value is -1.05. The molecular formula is C12H18O2. The first-order valence-corrected chi connectivity index (χ1v) is 5.17. The molecule has 0 aliphatic rings. The highest BCUT2D eigenvalue weighted by atomic mass is 16.3. The average Bonchev–Trinajstić information content (AvgIpc) is 2.44. The predicted octanol–water partition coefficient (Wildman–Crippen LogP) is 3.52. The molecule has 1 rings (SSSR count). The van der Waals surface area contributed by atoms with E-state index in [2.05, 4.69) is 6.92 Å². The van der Waals surface area contributed by atoms with Crippen LogP contribution in [-0.2, 0) is 0 Å². The number of hydrogen-bond donors (Lipinski definition) is 0. The van der Waals surface area contributed by atoms with Crippen LogP contribution in [0.3, 0.4) is 0 Å². The van der Waals surface area contributed by atoms with Gasteiger partial charge in [-0.25, -0.2) is 0 Å². The SMILES string of the molecule is CCCC(C)C(=O)c1cc(C)oc1C. The first-order chi connectivity index (χ1) is 6.56. The summed E-state index contributed by atoms with van der Waals surface area (Å²) in [5.41, 5.74) is 0.753. The van der Waals surface area contributed by atoms with Gasteiger partial charge in [0.2, 0.25) is 0 Å². The van der Waals surface area contributed by atoms with E-state index < -0.39 is 0 Å². The average molecular weight is 194 g/mol. The Morgan fingerprint density at radius 1 is 1.50 bits per heavy atom. The third-order valence-electron chi connectivity index (χ3n) is 2.48. The second-order valence-electron chi connectivity index (χ2n) is 3.88. The monoisotopic (exact) mass is 194 g/mol. The van der Waals surface area contributed by atoms with E-state index in [0.717, 1.165) is 29.9 Å². The highest BCUT2D eigenvalue weighted by molar-refractivity contribution is 5.98. The normalized spacial score (nSPS) is 12.9. The number of carbonyl (C=O) groups is 1. The number of aryl methyl sites for hydroxylation is 2. The minimum atomic E-state index is 0.107. The van der Waals surface area contributed by atoms with E-state index in [1.54, 1.807) is 0 Å². The molecule has 1 atom stereocenters. The third kappa shape index (κ3) is 2.25. The fraction of sp³-hybridized carbons (Fsp3) is 0.583. The van der Waals surface area contributed by atoms with Gasteiger partial charge in [-0.1, -0.05) is 20.3 Å². The first-order valence-electron chi connectivity index (χ1n) is 5.17. The van der Waals surface area contributed by atoms with Crippen LogP contribution in [-0.4, -0.2) is 5.78 Å². The summed E-state index contributed by atoms with van der Waals surface area (Å²) in [7, 11) is 0. The molecular weight excluding hydrogens is 176 g/mol. The van der Waals surface area contributed by atoms with Crippen molar-refractivity contribution in [3.63, 3.8) is 0 Å². The topological polar surface area (TPSA) is 30.2 Å². The zero-order valence-electron chi connectivity index (χ0n) is 9.39. The lowest BCUT2D eigenvalue weighted by molar-refractivity contribution is 0.0922. The van der Waals surface area contributed by atoms with Gasteiger partial charge in [-0.15, -0.1) is 0 Å². The smallest absolute Gasteiger partial charge is 0.169 e. The molecule has 0 saturated heterocycles. The minimum Gasteiger partial charge on any atom is -0.466 e. The van der Waals surface area contributed by atoms with E-state index in [9.17, 15) is 4.79 Å². The van der Waals surface area contributed by atoms with E-state index in [-0.39, 0.29) is 11.7 Å². The lowest BCUT2D eigenvalue weighted by atomic mass is 9.95. The van der Waals surface area contributed by atoms with Gasteiger partial charge in [0, 0.05) is 5.92 Å². The molecule has 0 fully saturated rings. The molecule has 1 aromatic heterocycles. The summed E-state index contributed by atoms with van der Waals surface area (Å²) in [5, 5.41) is 0. The second kappa shape index (κ2) is 4.45. The van der Waals surface area contributed by atoms with Crippen molar-refractivity contribution in [2.45, 2.75) is 40.5 Å². The Morgan fingerprint density at radius 2 is 2.14 bits per heavy atom. The number of hydrogen-bond acceptors (Lipinski definition) is 2. The Bertz CT molecular complexity index is 323. The molecule has 0 aliphatic carbocycles. The van der Waals surface area contributed by atoms with E-state index in [1.165, 1.54) is 0 Å². The van der Waals surface area contributed by atoms with Gasteiger partial charge in [-0.05, 0) is 26.3 Å². The molecule has 0 aliphatic heterocycles. The van der Waals surface area contributed by atoms with Crippen LogP contribution < -0.4 is 0 Å². The van der Waals surface area contributed by atoms with Crippen molar-refractivity contribution in [3.8, 4) is 0 Å². The largest absolute Gasteiger partial charge is 0.466 e. The zero-order chi connectivity index (χ0) is 10.7. The van der Waals surface area contributed by atoms with Gasteiger partial charge in [-0.2, -0.15) is 0 Å². The van der Waals surface area contributed by atoms with Crippen LogP contribution in [0.25, 0.3) is 0 Å². The molecule has 1 unspecified atom stereocenters. The van der Waals surface area contributed by atoms with Crippen LogP contribution >= 0.6 is 0 Å². The molecule has 0 saturated carbocycles. The van der Waals surface area contributed by atoms with Crippen molar-refractivity contribution < 1.29 is 9.21 Å². The molecule has 1 heterocycles. The fourth-order valence-electron chi connectivity index (χ4n) is 1.71. The number of ketones is 1. The second-order valence-corrected chi connectivity index (χ2v) is 3.88. The van der Waals surface area contributed by atoms with Gasteiger partial charge in [0.15, 0.2) is 5.78 Å². The fourth-order valence-corrected chi connectivity index (χ4v) is 1.71. The molecule has 78 valence electrons. The van der Waals surface area contributed by atoms with Crippen molar-refractivity contribution in [3.05, 3.63) is 23.2 Å². The maximum atomic E-state index is 11.9. The number of rotatable bonds is 4. The van der Waals surface area contributed by atoms with Crippen LogP contribution in [0.2, 0.25) is 0 Å². The van der Waals surface area contributed by atoms with Crippen molar-refractivity contribution in [1.29, 1.82) is 0 Å². The van der Waals surface area contributed by atoms with Crippen LogP contribution in [0.5, 0.6) is 0 Å². The van der Waals surface area contributed by atoms with Gasteiger partial charge in [0.1, 0.15) is 11.5 Å². The summed E-state index contributed by atoms with van der Waals surface area (Å²) in [5.74, 6) is 1.88. The molecule has 0 bridgehead atoms. The Kier molecular flexibility index (Phi) is 3.50. The quantitative estimate of drug-likeness (QED) is 0.686. The van der Waals surface area contributed by atoms with Crippen molar-refractivity contribution in [2.75, 3.05) is 0 Å². The highest BCUT2D eigenvalue weighted by Crippen LogP contribution is 2.19. The van der Waals surface area contributed by atoms with Gasteiger partial charge >= 0.3 is 0 Å². The van der Waals surface area contributed by atoms with Gasteiger partial charge in [-0.3, -0.25) is 4.79 Å². The Balaban J connectivity index is 2.83. The Morgan fingerprint density at radius 3 is 2.57 bits per heavy atom. The van der Waals surface area contributed by atoms with E-state index in [1.807, 2.05) is 26.8 Å². The lowest BCUT2D eigenvalue weighted by Gasteiger charge is -2.07. The summed E-state index contributed by atoms with van der Waals surface area (Å²) in [6.07, 6.45) is 1.99. The molecule has 0 spiro atoms. The van der Waals surface area contributed by atoms with Crippen LogP contribution in [0, 0.1) is 19.8 Å². The van der Waals surface area contributed by atoms with Crippen molar-refractivity contribution >= 4 is 5.78 Å². The standard InChI is InChI=1S/C12H18O2/c1-5-6-8(2)12(13)11-7-9(3)14-10(11)4/h7-8H,5-6H2,1-4H3. The lowest BCUT2D eigenvalue weighted by Crippen LogP contribution is -2.11. The number of furan rings is 1. The molecule has 0 N–H and O–H groups in total. The molecule has 0 amide bonds.